The molecule has 2 aliphatic rings. The average Bonchev–Trinajstić information content (AvgIpc) is 3.11. The zero-order chi connectivity index (χ0) is 19.2. The standard InChI is InChI=1S/C28H22O/c1-3-10-19(11-4-1)24-18-21-14-9-17-25-26(21)27(23-16-8-7-15-22(23)24)28(29-25)20-12-5-2-6-13-20/h1-17,24,27-28H,18H2/t24-,27-,28+/m1/s1. The van der Waals surface area contributed by atoms with Crippen molar-refractivity contribution in [3.63, 3.8) is 0 Å². The summed E-state index contributed by atoms with van der Waals surface area (Å²) in [7, 11) is 0. The van der Waals surface area contributed by atoms with E-state index in [1.54, 1.807) is 0 Å². The van der Waals surface area contributed by atoms with Crippen molar-refractivity contribution in [2.24, 2.45) is 0 Å². The van der Waals surface area contributed by atoms with E-state index in [-0.39, 0.29) is 12.0 Å². The fraction of sp³-hybridized carbons (Fsp3) is 0.143. The molecule has 0 bridgehead atoms. The van der Waals surface area contributed by atoms with Gasteiger partial charge in [0, 0.05) is 11.5 Å². The molecule has 0 unspecified atom stereocenters. The van der Waals surface area contributed by atoms with Crippen LogP contribution in [0.2, 0.25) is 0 Å². The van der Waals surface area contributed by atoms with Gasteiger partial charge in [0.2, 0.25) is 0 Å². The van der Waals surface area contributed by atoms with Crippen LogP contribution in [0, 0.1) is 0 Å². The molecule has 0 N–H and O–H groups in total. The first kappa shape index (κ1) is 16.6. The Morgan fingerprint density at radius 2 is 1.24 bits per heavy atom. The first-order valence-corrected chi connectivity index (χ1v) is 10.4. The van der Waals surface area contributed by atoms with E-state index in [0.717, 1.165) is 12.2 Å². The molecule has 0 saturated carbocycles. The number of rotatable bonds is 2. The summed E-state index contributed by atoms with van der Waals surface area (Å²) in [4.78, 5) is 0. The molecule has 4 aromatic carbocycles. The lowest BCUT2D eigenvalue weighted by molar-refractivity contribution is 0.222. The molecule has 140 valence electrons. The van der Waals surface area contributed by atoms with Gasteiger partial charge in [0.25, 0.3) is 0 Å². The van der Waals surface area contributed by atoms with Crippen molar-refractivity contribution in [2.45, 2.75) is 24.4 Å². The summed E-state index contributed by atoms with van der Waals surface area (Å²) in [5.74, 6) is 1.64. The third kappa shape index (κ3) is 2.61. The highest BCUT2D eigenvalue weighted by Gasteiger charge is 2.42. The number of hydrogen-bond acceptors (Lipinski definition) is 1. The Balaban J connectivity index is 1.60. The highest BCUT2D eigenvalue weighted by molar-refractivity contribution is 5.58. The van der Waals surface area contributed by atoms with E-state index < -0.39 is 0 Å². The maximum absolute atomic E-state index is 6.57. The molecule has 0 spiro atoms. The molecular weight excluding hydrogens is 352 g/mol. The summed E-state index contributed by atoms with van der Waals surface area (Å²) in [6.07, 6.45) is 1.02. The van der Waals surface area contributed by atoms with Crippen LogP contribution in [0.25, 0.3) is 0 Å². The highest BCUT2D eigenvalue weighted by atomic mass is 16.5. The van der Waals surface area contributed by atoms with Crippen LogP contribution < -0.4 is 4.74 Å². The summed E-state index contributed by atoms with van der Waals surface area (Å²) < 4.78 is 6.57. The van der Waals surface area contributed by atoms with Crippen molar-refractivity contribution in [1.29, 1.82) is 0 Å². The predicted molar refractivity (Wildman–Crippen MR) is 117 cm³/mol. The molecule has 0 aromatic heterocycles. The second kappa shape index (κ2) is 6.63. The van der Waals surface area contributed by atoms with Gasteiger partial charge >= 0.3 is 0 Å². The second-order valence-electron chi connectivity index (χ2n) is 8.05. The number of hydrogen-bond donors (Lipinski definition) is 0. The first-order chi connectivity index (χ1) is 14.4. The Kier molecular flexibility index (Phi) is 3.80. The van der Waals surface area contributed by atoms with E-state index in [9.17, 15) is 0 Å². The molecule has 3 atom stereocenters. The third-order valence-corrected chi connectivity index (χ3v) is 6.48. The Bertz CT molecular complexity index is 1160. The van der Waals surface area contributed by atoms with Crippen molar-refractivity contribution >= 4 is 0 Å². The molecule has 4 aromatic rings. The van der Waals surface area contributed by atoms with Crippen LogP contribution in [-0.2, 0) is 6.42 Å². The van der Waals surface area contributed by atoms with Crippen LogP contribution in [0.15, 0.2) is 103 Å². The van der Waals surface area contributed by atoms with Gasteiger partial charge in [-0.15, -0.1) is 0 Å². The first-order valence-electron chi connectivity index (χ1n) is 10.4. The van der Waals surface area contributed by atoms with E-state index in [1.165, 1.54) is 33.4 Å². The van der Waals surface area contributed by atoms with Crippen molar-refractivity contribution < 1.29 is 4.74 Å². The van der Waals surface area contributed by atoms with Gasteiger partial charge in [-0.1, -0.05) is 97.1 Å². The topological polar surface area (TPSA) is 9.23 Å². The zero-order valence-electron chi connectivity index (χ0n) is 16.2. The van der Waals surface area contributed by atoms with Crippen LogP contribution in [0.5, 0.6) is 5.75 Å². The van der Waals surface area contributed by atoms with Gasteiger partial charge in [-0.25, -0.2) is 0 Å². The fourth-order valence-corrected chi connectivity index (χ4v) is 5.23. The molecular formula is C28H22O. The summed E-state index contributed by atoms with van der Waals surface area (Å²) >= 11 is 0. The third-order valence-electron chi connectivity index (χ3n) is 6.48. The number of fused-ring (bicyclic) bond motifs is 2. The van der Waals surface area contributed by atoms with Gasteiger partial charge in [-0.3, -0.25) is 0 Å². The maximum atomic E-state index is 6.57. The normalized spacial score (nSPS) is 21.6. The SMILES string of the molecule is c1ccc([C@H]2Cc3cccc4c3[C@@H](c3ccccc32)[C@H](c2ccccc2)O4)cc1. The van der Waals surface area contributed by atoms with Crippen LogP contribution in [-0.4, -0.2) is 0 Å². The van der Waals surface area contributed by atoms with E-state index in [4.69, 9.17) is 4.74 Å². The predicted octanol–water partition coefficient (Wildman–Crippen LogP) is 6.64. The minimum atomic E-state index is 0.0167. The largest absolute Gasteiger partial charge is 0.484 e. The highest BCUT2D eigenvalue weighted by Crippen LogP contribution is 2.55. The van der Waals surface area contributed by atoms with Crippen LogP contribution >= 0.6 is 0 Å². The van der Waals surface area contributed by atoms with Gasteiger partial charge in [0.05, 0.1) is 5.92 Å². The van der Waals surface area contributed by atoms with E-state index in [0.29, 0.717) is 5.92 Å². The lowest BCUT2D eigenvalue weighted by Gasteiger charge is -2.24. The van der Waals surface area contributed by atoms with Gasteiger partial charge in [0.15, 0.2) is 0 Å². The summed E-state index contributed by atoms with van der Waals surface area (Å²) in [5, 5.41) is 0. The van der Waals surface area contributed by atoms with E-state index >= 15 is 0 Å². The smallest absolute Gasteiger partial charge is 0.135 e. The molecule has 6 rings (SSSR count). The van der Waals surface area contributed by atoms with Crippen LogP contribution in [0.4, 0.5) is 0 Å². The molecule has 1 heteroatoms. The van der Waals surface area contributed by atoms with E-state index in [2.05, 4.69) is 103 Å². The van der Waals surface area contributed by atoms with Crippen molar-refractivity contribution in [3.8, 4) is 5.75 Å². The summed E-state index contributed by atoms with van der Waals surface area (Å²) in [5.41, 5.74) is 8.25. The van der Waals surface area contributed by atoms with Gasteiger partial charge in [-0.05, 0) is 40.3 Å². The molecule has 1 nitrogen and oxygen atoms in total. The molecule has 1 heterocycles. The van der Waals surface area contributed by atoms with Crippen molar-refractivity contribution in [3.05, 3.63) is 137 Å². The maximum Gasteiger partial charge on any atom is 0.135 e. The summed E-state index contributed by atoms with van der Waals surface area (Å²) in [6, 6.07) is 37.2. The zero-order valence-corrected chi connectivity index (χ0v) is 16.2. The Labute approximate surface area is 171 Å². The monoisotopic (exact) mass is 374 g/mol. The Morgan fingerprint density at radius 1 is 0.586 bits per heavy atom. The lowest BCUT2D eigenvalue weighted by atomic mass is 9.81. The molecule has 1 aliphatic heterocycles. The molecule has 0 fully saturated rings. The van der Waals surface area contributed by atoms with Gasteiger partial charge < -0.3 is 4.74 Å². The summed E-state index contributed by atoms with van der Waals surface area (Å²) in [6.45, 7) is 0. The Hall–Kier alpha value is -3.32. The minimum absolute atomic E-state index is 0.0167. The Morgan fingerprint density at radius 3 is 2.00 bits per heavy atom. The number of ether oxygens (including phenoxy) is 1. The molecule has 0 amide bonds. The molecule has 29 heavy (non-hydrogen) atoms. The second-order valence-corrected chi connectivity index (χ2v) is 8.05. The lowest BCUT2D eigenvalue weighted by Crippen LogP contribution is -2.13. The van der Waals surface area contributed by atoms with Crippen molar-refractivity contribution in [1.82, 2.24) is 0 Å². The van der Waals surface area contributed by atoms with Crippen LogP contribution in [0.3, 0.4) is 0 Å². The molecule has 1 aliphatic carbocycles. The van der Waals surface area contributed by atoms with Gasteiger partial charge in [0.1, 0.15) is 11.9 Å². The molecule has 0 radical (unpaired) electrons. The number of benzene rings is 4. The van der Waals surface area contributed by atoms with Crippen molar-refractivity contribution in [2.75, 3.05) is 0 Å². The minimum Gasteiger partial charge on any atom is -0.484 e. The van der Waals surface area contributed by atoms with E-state index in [1.807, 2.05) is 0 Å². The quantitative estimate of drug-likeness (QED) is 0.382. The molecule has 0 saturated heterocycles. The average molecular weight is 374 g/mol. The fourth-order valence-electron chi connectivity index (χ4n) is 5.23. The van der Waals surface area contributed by atoms with Gasteiger partial charge in [-0.2, -0.15) is 0 Å². The van der Waals surface area contributed by atoms with Crippen LogP contribution in [0.1, 0.15) is 51.3 Å².